The first kappa shape index (κ1) is 20.8. The molecule has 0 amide bonds. The standard InChI is InChI=1S/C24H20O6/c1-16(25)19-10-13-21(22(14-19)28-2)30-23(26)15-29-20-11-8-18(9-12-20)24(27)17-6-4-3-5-7-17/h3-14H,15H2,1-2H3. The van der Waals surface area contributed by atoms with Crippen molar-refractivity contribution in [1.82, 2.24) is 0 Å². The summed E-state index contributed by atoms with van der Waals surface area (Å²) >= 11 is 0. The number of ketones is 2. The Labute approximate surface area is 174 Å². The van der Waals surface area contributed by atoms with Gasteiger partial charge in [0, 0.05) is 16.7 Å². The molecule has 0 spiro atoms. The average molecular weight is 404 g/mol. The van der Waals surface area contributed by atoms with Crippen LogP contribution in [0.2, 0.25) is 0 Å². The van der Waals surface area contributed by atoms with E-state index in [4.69, 9.17) is 14.2 Å². The predicted molar refractivity (Wildman–Crippen MR) is 110 cm³/mol. The fraction of sp³-hybridized carbons (Fsp3) is 0.125. The van der Waals surface area contributed by atoms with Crippen molar-refractivity contribution in [2.75, 3.05) is 13.7 Å². The third-order valence-electron chi connectivity index (χ3n) is 4.30. The van der Waals surface area contributed by atoms with Crippen LogP contribution in [0.25, 0.3) is 0 Å². The fourth-order valence-electron chi connectivity index (χ4n) is 2.72. The highest BCUT2D eigenvalue weighted by Crippen LogP contribution is 2.28. The van der Waals surface area contributed by atoms with Gasteiger partial charge in [-0.2, -0.15) is 0 Å². The quantitative estimate of drug-likeness (QED) is 0.319. The summed E-state index contributed by atoms with van der Waals surface area (Å²) in [7, 11) is 1.42. The van der Waals surface area contributed by atoms with Crippen molar-refractivity contribution < 1.29 is 28.6 Å². The van der Waals surface area contributed by atoms with E-state index < -0.39 is 5.97 Å². The lowest BCUT2D eigenvalue weighted by molar-refractivity contribution is -0.136. The first-order valence-corrected chi connectivity index (χ1v) is 9.20. The van der Waals surface area contributed by atoms with Crippen LogP contribution in [-0.2, 0) is 4.79 Å². The Morgan fingerprint density at radius 1 is 0.767 bits per heavy atom. The molecule has 152 valence electrons. The number of methoxy groups -OCH3 is 1. The van der Waals surface area contributed by atoms with E-state index in [-0.39, 0.29) is 29.7 Å². The number of esters is 1. The highest BCUT2D eigenvalue weighted by atomic mass is 16.6. The molecular weight excluding hydrogens is 384 g/mol. The van der Waals surface area contributed by atoms with Crippen LogP contribution in [0.4, 0.5) is 0 Å². The minimum atomic E-state index is -0.631. The second-order valence-electron chi connectivity index (χ2n) is 6.40. The van der Waals surface area contributed by atoms with Crippen molar-refractivity contribution in [2.24, 2.45) is 0 Å². The number of hydrogen-bond acceptors (Lipinski definition) is 6. The van der Waals surface area contributed by atoms with Gasteiger partial charge in [0.15, 0.2) is 29.7 Å². The van der Waals surface area contributed by atoms with E-state index in [9.17, 15) is 14.4 Å². The second kappa shape index (κ2) is 9.52. The summed E-state index contributed by atoms with van der Waals surface area (Å²) < 4.78 is 15.9. The topological polar surface area (TPSA) is 78.9 Å². The summed E-state index contributed by atoms with van der Waals surface area (Å²) in [5.74, 6) is 0.0508. The van der Waals surface area contributed by atoms with E-state index in [2.05, 4.69) is 0 Å². The Kier molecular flexibility index (Phi) is 6.60. The molecule has 3 aromatic carbocycles. The molecule has 0 aromatic heterocycles. The Bertz CT molecular complexity index is 1050. The zero-order valence-electron chi connectivity index (χ0n) is 16.6. The molecule has 3 aromatic rings. The first-order chi connectivity index (χ1) is 14.5. The number of rotatable bonds is 8. The van der Waals surface area contributed by atoms with Gasteiger partial charge in [0.2, 0.25) is 0 Å². The summed E-state index contributed by atoms with van der Waals surface area (Å²) in [6.45, 7) is 1.11. The Morgan fingerprint density at radius 3 is 2.03 bits per heavy atom. The molecule has 0 heterocycles. The molecule has 0 bridgehead atoms. The molecule has 0 unspecified atom stereocenters. The van der Waals surface area contributed by atoms with Gasteiger partial charge < -0.3 is 14.2 Å². The van der Waals surface area contributed by atoms with Crippen LogP contribution < -0.4 is 14.2 Å². The van der Waals surface area contributed by atoms with Crippen molar-refractivity contribution in [3.8, 4) is 17.2 Å². The number of carbonyl (C=O) groups is 3. The molecule has 3 rings (SSSR count). The lowest BCUT2D eigenvalue weighted by Gasteiger charge is -2.11. The minimum Gasteiger partial charge on any atom is -0.493 e. The minimum absolute atomic E-state index is 0.0948. The number of benzene rings is 3. The molecule has 0 atom stereocenters. The number of Topliss-reactive ketones (excluding diaryl/α,β-unsaturated/α-hetero) is 1. The van der Waals surface area contributed by atoms with E-state index in [1.807, 2.05) is 6.07 Å². The van der Waals surface area contributed by atoms with Gasteiger partial charge >= 0.3 is 5.97 Å². The van der Waals surface area contributed by atoms with Crippen molar-refractivity contribution >= 4 is 17.5 Å². The lowest BCUT2D eigenvalue weighted by Crippen LogP contribution is -2.18. The maximum atomic E-state index is 12.4. The zero-order valence-corrected chi connectivity index (χ0v) is 16.6. The molecule has 6 nitrogen and oxygen atoms in total. The van der Waals surface area contributed by atoms with Crippen LogP contribution in [0, 0.1) is 0 Å². The molecule has 0 saturated carbocycles. The van der Waals surface area contributed by atoms with E-state index in [0.717, 1.165) is 0 Å². The number of ether oxygens (including phenoxy) is 3. The van der Waals surface area contributed by atoms with Gasteiger partial charge in [-0.05, 0) is 49.4 Å². The Hall–Kier alpha value is -3.93. The third-order valence-corrected chi connectivity index (χ3v) is 4.30. The molecule has 0 saturated heterocycles. The van der Waals surface area contributed by atoms with Crippen LogP contribution in [0.3, 0.4) is 0 Å². The molecule has 0 fully saturated rings. The van der Waals surface area contributed by atoms with Crippen LogP contribution in [0.5, 0.6) is 17.2 Å². The van der Waals surface area contributed by atoms with Gasteiger partial charge in [0.1, 0.15) is 5.75 Å². The van der Waals surface area contributed by atoms with E-state index in [1.165, 1.54) is 26.2 Å². The van der Waals surface area contributed by atoms with Crippen molar-refractivity contribution in [3.05, 3.63) is 89.5 Å². The van der Waals surface area contributed by atoms with Gasteiger partial charge in [-0.25, -0.2) is 4.79 Å². The molecule has 0 aliphatic rings. The van der Waals surface area contributed by atoms with Crippen LogP contribution in [0.1, 0.15) is 33.2 Å². The van der Waals surface area contributed by atoms with Crippen molar-refractivity contribution in [2.45, 2.75) is 6.92 Å². The van der Waals surface area contributed by atoms with Gasteiger partial charge in [0.05, 0.1) is 7.11 Å². The number of carbonyl (C=O) groups excluding carboxylic acids is 3. The van der Waals surface area contributed by atoms with Crippen LogP contribution in [0.15, 0.2) is 72.8 Å². The van der Waals surface area contributed by atoms with Gasteiger partial charge in [-0.3, -0.25) is 9.59 Å². The van der Waals surface area contributed by atoms with Crippen molar-refractivity contribution in [3.63, 3.8) is 0 Å². The molecule has 6 heteroatoms. The van der Waals surface area contributed by atoms with Crippen LogP contribution >= 0.6 is 0 Å². The largest absolute Gasteiger partial charge is 0.493 e. The second-order valence-corrected chi connectivity index (χ2v) is 6.40. The predicted octanol–water partition coefficient (Wildman–Crippen LogP) is 4.11. The smallest absolute Gasteiger partial charge is 0.349 e. The molecule has 0 radical (unpaired) electrons. The molecule has 0 aliphatic carbocycles. The molecular formula is C24H20O6. The van der Waals surface area contributed by atoms with Gasteiger partial charge in [0.25, 0.3) is 0 Å². The van der Waals surface area contributed by atoms with Crippen LogP contribution in [-0.4, -0.2) is 31.3 Å². The maximum Gasteiger partial charge on any atom is 0.349 e. The highest BCUT2D eigenvalue weighted by molar-refractivity contribution is 6.09. The SMILES string of the molecule is COc1cc(C(C)=O)ccc1OC(=O)COc1ccc(C(=O)c2ccccc2)cc1. The van der Waals surface area contributed by atoms with Gasteiger partial charge in [-0.15, -0.1) is 0 Å². The van der Waals surface area contributed by atoms with E-state index in [1.54, 1.807) is 54.6 Å². The normalized spacial score (nSPS) is 10.2. The average Bonchev–Trinajstić information content (AvgIpc) is 2.78. The molecule has 30 heavy (non-hydrogen) atoms. The third kappa shape index (κ3) is 5.11. The Balaban J connectivity index is 1.59. The fourth-order valence-corrected chi connectivity index (χ4v) is 2.72. The van der Waals surface area contributed by atoms with Gasteiger partial charge in [-0.1, -0.05) is 30.3 Å². The van der Waals surface area contributed by atoms with E-state index >= 15 is 0 Å². The maximum absolute atomic E-state index is 12.4. The summed E-state index contributed by atoms with van der Waals surface area (Å²) in [4.78, 5) is 36.0. The summed E-state index contributed by atoms with van der Waals surface area (Å²) in [6, 6.07) is 20.0. The Morgan fingerprint density at radius 2 is 1.40 bits per heavy atom. The summed E-state index contributed by atoms with van der Waals surface area (Å²) in [5, 5.41) is 0. The first-order valence-electron chi connectivity index (χ1n) is 9.20. The lowest BCUT2D eigenvalue weighted by atomic mass is 10.0. The molecule has 0 N–H and O–H groups in total. The number of hydrogen-bond donors (Lipinski definition) is 0. The summed E-state index contributed by atoms with van der Waals surface area (Å²) in [6.07, 6.45) is 0. The summed E-state index contributed by atoms with van der Waals surface area (Å²) in [5.41, 5.74) is 1.57. The zero-order chi connectivity index (χ0) is 21.5. The van der Waals surface area contributed by atoms with E-state index in [0.29, 0.717) is 22.4 Å². The highest BCUT2D eigenvalue weighted by Gasteiger charge is 2.14. The molecule has 0 aliphatic heterocycles. The monoisotopic (exact) mass is 404 g/mol. The van der Waals surface area contributed by atoms with Crippen molar-refractivity contribution in [1.29, 1.82) is 0 Å².